The highest BCUT2D eigenvalue weighted by Crippen LogP contribution is 2.34. The summed E-state index contributed by atoms with van der Waals surface area (Å²) in [6.45, 7) is 3.54. The molecule has 0 saturated carbocycles. The number of ether oxygens (including phenoxy) is 1. The Bertz CT molecular complexity index is 473. The monoisotopic (exact) mass is 265 g/mol. The maximum absolute atomic E-state index is 12.6. The van der Waals surface area contributed by atoms with Crippen LogP contribution in [0.4, 0.5) is 0 Å². The summed E-state index contributed by atoms with van der Waals surface area (Å²) in [6, 6.07) is 1.72. The molecule has 2 fully saturated rings. The highest BCUT2D eigenvalue weighted by Gasteiger charge is 2.40. The third-order valence-electron chi connectivity index (χ3n) is 3.95. The second-order valence-corrected chi connectivity index (χ2v) is 5.37. The van der Waals surface area contributed by atoms with E-state index in [4.69, 9.17) is 15.0 Å². The van der Waals surface area contributed by atoms with E-state index in [-0.39, 0.29) is 23.9 Å². The van der Waals surface area contributed by atoms with Gasteiger partial charge in [-0.25, -0.2) is 0 Å². The van der Waals surface area contributed by atoms with E-state index in [9.17, 15) is 4.79 Å². The van der Waals surface area contributed by atoms with Crippen LogP contribution in [0.5, 0.6) is 0 Å². The smallest absolute Gasteiger partial charge is 0.230 e. The zero-order chi connectivity index (χ0) is 13.4. The van der Waals surface area contributed by atoms with Crippen molar-refractivity contribution < 1.29 is 14.1 Å². The number of aromatic nitrogens is 1. The Morgan fingerprint density at radius 2 is 2.37 bits per heavy atom. The van der Waals surface area contributed by atoms with Crippen molar-refractivity contribution in [2.24, 2.45) is 11.7 Å². The standard InChI is InChI=1S/C13H19N3O3/c1-8-5-12(19-15-8)11-3-2-4-16(11)13(17)9-6-18-7-10(9)14/h5,9-11H,2-4,6-7,14H2,1H3. The zero-order valence-electron chi connectivity index (χ0n) is 11.0. The molecule has 19 heavy (non-hydrogen) atoms. The molecule has 3 atom stereocenters. The lowest BCUT2D eigenvalue weighted by atomic mass is 10.0. The van der Waals surface area contributed by atoms with E-state index < -0.39 is 0 Å². The second-order valence-electron chi connectivity index (χ2n) is 5.37. The van der Waals surface area contributed by atoms with Gasteiger partial charge in [0.05, 0.1) is 30.9 Å². The summed E-state index contributed by atoms with van der Waals surface area (Å²) in [5.74, 6) is 0.641. The lowest BCUT2D eigenvalue weighted by Crippen LogP contribution is -2.43. The molecule has 2 N–H and O–H groups in total. The number of hydrogen-bond donors (Lipinski definition) is 1. The molecule has 6 nitrogen and oxygen atoms in total. The number of nitrogens with zero attached hydrogens (tertiary/aromatic N) is 2. The van der Waals surface area contributed by atoms with Crippen LogP contribution in [0.1, 0.15) is 30.3 Å². The van der Waals surface area contributed by atoms with Gasteiger partial charge in [0, 0.05) is 18.7 Å². The van der Waals surface area contributed by atoms with Gasteiger partial charge in [-0.2, -0.15) is 0 Å². The first-order valence-electron chi connectivity index (χ1n) is 6.74. The number of carbonyl (C=O) groups excluding carboxylic acids is 1. The number of carbonyl (C=O) groups is 1. The van der Waals surface area contributed by atoms with Crippen molar-refractivity contribution in [2.75, 3.05) is 19.8 Å². The fourth-order valence-corrected chi connectivity index (χ4v) is 2.90. The highest BCUT2D eigenvalue weighted by molar-refractivity contribution is 5.80. The van der Waals surface area contributed by atoms with Crippen molar-refractivity contribution in [3.05, 3.63) is 17.5 Å². The first kappa shape index (κ1) is 12.6. The van der Waals surface area contributed by atoms with Gasteiger partial charge in [-0.3, -0.25) is 4.79 Å². The van der Waals surface area contributed by atoms with Crippen LogP contribution >= 0.6 is 0 Å². The van der Waals surface area contributed by atoms with E-state index in [1.54, 1.807) is 0 Å². The quantitative estimate of drug-likeness (QED) is 0.847. The predicted molar refractivity (Wildman–Crippen MR) is 67.2 cm³/mol. The van der Waals surface area contributed by atoms with E-state index in [2.05, 4.69) is 5.16 Å². The topological polar surface area (TPSA) is 81.6 Å². The molecule has 2 aliphatic rings. The van der Waals surface area contributed by atoms with Gasteiger partial charge in [0.1, 0.15) is 0 Å². The largest absolute Gasteiger partial charge is 0.379 e. The number of likely N-dealkylation sites (tertiary alicyclic amines) is 1. The lowest BCUT2D eigenvalue weighted by molar-refractivity contribution is -0.137. The van der Waals surface area contributed by atoms with E-state index in [0.29, 0.717) is 13.2 Å². The predicted octanol–water partition coefficient (Wildman–Crippen LogP) is 0.620. The second kappa shape index (κ2) is 4.94. The first-order valence-corrected chi connectivity index (χ1v) is 6.74. The normalized spacial score (nSPS) is 31.1. The first-order chi connectivity index (χ1) is 9.16. The van der Waals surface area contributed by atoms with Crippen LogP contribution in [0.15, 0.2) is 10.6 Å². The van der Waals surface area contributed by atoms with Crippen molar-refractivity contribution in [3.8, 4) is 0 Å². The van der Waals surface area contributed by atoms with Gasteiger partial charge in [-0.15, -0.1) is 0 Å². The number of aryl methyl sites for hydroxylation is 1. The highest BCUT2D eigenvalue weighted by atomic mass is 16.5. The minimum Gasteiger partial charge on any atom is -0.379 e. The molecule has 1 aromatic rings. The summed E-state index contributed by atoms with van der Waals surface area (Å²) in [6.07, 6.45) is 1.90. The van der Waals surface area contributed by atoms with Crippen LogP contribution in [-0.4, -0.2) is 41.8 Å². The van der Waals surface area contributed by atoms with Crippen LogP contribution in [0.2, 0.25) is 0 Å². The molecule has 1 aromatic heterocycles. The van der Waals surface area contributed by atoms with Gasteiger partial charge in [0.25, 0.3) is 0 Å². The molecule has 0 spiro atoms. The molecule has 3 rings (SSSR count). The van der Waals surface area contributed by atoms with Gasteiger partial charge >= 0.3 is 0 Å². The average Bonchev–Trinajstić information content (AvgIpc) is 3.07. The summed E-state index contributed by atoms with van der Waals surface area (Å²) in [5, 5.41) is 3.91. The molecular weight excluding hydrogens is 246 g/mol. The average molecular weight is 265 g/mol. The summed E-state index contributed by atoms with van der Waals surface area (Å²) < 4.78 is 10.6. The molecule has 2 aliphatic heterocycles. The Kier molecular flexibility index (Phi) is 3.28. The molecular formula is C13H19N3O3. The fraction of sp³-hybridized carbons (Fsp3) is 0.692. The van der Waals surface area contributed by atoms with Crippen molar-refractivity contribution in [1.29, 1.82) is 0 Å². The third kappa shape index (κ3) is 2.26. The number of rotatable bonds is 2. The van der Waals surface area contributed by atoms with Crippen molar-refractivity contribution in [3.63, 3.8) is 0 Å². The molecule has 0 bridgehead atoms. The minimum absolute atomic E-state index is 0.00139. The number of nitrogens with two attached hydrogens (primary N) is 1. The van der Waals surface area contributed by atoms with E-state index in [1.165, 1.54) is 0 Å². The molecule has 3 unspecified atom stereocenters. The SMILES string of the molecule is Cc1cc(C2CCCN2C(=O)C2COCC2N)on1. The fourth-order valence-electron chi connectivity index (χ4n) is 2.90. The molecule has 3 heterocycles. The molecule has 6 heteroatoms. The zero-order valence-corrected chi connectivity index (χ0v) is 11.0. The maximum Gasteiger partial charge on any atom is 0.230 e. The van der Waals surface area contributed by atoms with Gasteiger partial charge in [-0.05, 0) is 19.8 Å². The van der Waals surface area contributed by atoms with Crippen LogP contribution in [0.3, 0.4) is 0 Å². The van der Waals surface area contributed by atoms with Gasteiger partial charge in [-0.1, -0.05) is 5.16 Å². The summed E-state index contributed by atoms with van der Waals surface area (Å²) >= 11 is 0. The maximum atomic E-state index is 12.6. The van der Waals surface area contributed by atoms with E-state index in [0.717, 1.165) is 30.8 Å². The van der Waals surface area contributed by atoms with Crippen molar-refractivity contribution >= 4 is 5.91 Å². The van der Waals surface area contributed by atoms with Gasteiger partial charge < -0.3 is 19.9 Å². The van der Waals surface area contributed by atoms with Crippen LogP contribution in [0, 0.1) is 12.8 Å². The van der Waals surface area contributed by atoms with Crippen molar-refractivity contribution in [1.82, 2.24) is 10.1 Å². The van der Waals surface area contributed by atoms with E-state index in [1.807, 2.05) is 17.9 Å². The Hall–Kier alpha value is -1.40. The van der Waals surface area contributed by atoms with Crippen LogP contribution in [-0.2, 0) is 9.53 Å². The lowest BCUT2D eigenvalue weighted by Gasteiger charge is -2.26. The molecule has 1 amide bonds. The molecule has 2 saturated heterocycles. The third-order valence-corrected chi connectivity index (χ3v) is 3.95. The van der Waals surface area contributed by atoms with Crippen molar-refractivity contribution in [2.45, 2.75) is 31.8 Å². The van der Waals surface area contributed by atoms with Gasteiger partial charge in [0.2, 0.25) is 5.91 Å². The van der Waals surface area contributed by atoms with Crippen LogP contribution in [0.25, 0.3) is 0 Å². The van der Waals surface area contributed by atoms with E-state index >= 15 is 0 Å². The minimum atomic E-state index is -0.218. The Balaban J connectivity index is 1.77. The van der Waals surface area contributed by atoms with Crippen LogP contribution < -0.4 is 5.73 Å². The van der Waals surface area contributed by atoms with Gasteiger partial charge in [0.15, 0.2) is 5.76 Å². The Morgan fingerprint density at radius 3 is 3.00 bits per heavy atom. The Morgan fingerprint density at radius 1 is 1.53 bits per heavy atom. The number of amides is 1. The summed E-state index contributed by atoms with van der Waals surface area (Å²) in [4.78, 5) is 14.4. The molecule has 0 aromatic carbocycles. The summed E-state index contributed by atoms with van der Waals surface area (Å²) in [7, 11) is 0. The summed E-state index contributed by atoms with van der Waals surface area (Å²) in [5.41, 5.74) is 6.77. The Labute approximate surface area is 111 Å². The molecule has 104 valence electrons. The molecule has 0 aliphatic carbocycles. The number of hydrogen-bond acceptors (Lipinski definition) is 5. The molecule has 0 radical (unpaired) electrons.